The van der Waals surface area contributed by atoms with Gasteiger partial charge in [0.25, 0.3) is 0 Å². The fraction of sp³-hybridized carbons (Fsp3) is 0.211. The van der Waals surface area contributed by atoms with Gasteiger partial charge in [-0.1, -0.05) is 12.1 Å². The van der Waals surface area contributed by atoms with E-state index in [-0.39, 0.29) is 5.82 Å². The van der Waals surface area contributed by atoms with Crippen molar-refractivity contribution in [1.82, 2.24) is 24.7 Å². The molecule has 0 unspecified atom stereocenters. The van der Waals surface area contributed by atoms with Crippen molar-refractivity contribution in [2.24, 2.45) is 12.8 Å². The maximum absolute atomic E-state index is 14.6. The number of imidazole rings is 1. The van der Waals surface area contributed by atoms with E-state index in [4.69, 9.17) is 5.73 Å². The molecule has 26 heavy (non-hydrogen) atoms. The van der Waals surface area contributed by atoms with Gasteiger partial charge in [-0.2, -0.15) is 5.10 Å². The Labute approximate surface area is 149 Å². The van der Waals surface area contributed by atoms with Crippen LogP contribution in [0.1, 0.15) is 19.4 Å². The highest BCUT2D eigenvalue weighted by Crippen LogP contribution is 2.31. The zero-order chi connectivity index (χ0) is 18.5. The first-order chi connectivity index (χ1) is 12.3. The van der Waals surface area contributed by atoms with E-state index in [0.29, 0.717) is 17.0 Å². The molecule has 1 aromatic carbocycles. The fourth-order valence-electron chi connectivity index (χ4n) is 3.04. The van der Waals surface area contributed by atoms with E-state index in [0.717, 1.165) is 22.2 Å². The molecule has 0 bridgehead atoms. The van der Waals surface area contributed by atoms with Crippen LogP contribution in [0.25, 0.3) is 33.7 Å². The fourth-order valence-corrected chi connectivity index (χ4v) is 3.04. The Hall–Kier alpha value is -3.06. The molecule has 0 saturated heterocycles. The number of H-pyrrole nitrogens is 1. The van der Waals surface area contributed by atoms with Gasteiger partial charge < -0.3 is 10.7 Å². The van der Waals surface area contributed by atoms with E-state index in [1.54, 1.807) is 37.0 Å². The molecule has 0 aliphatic rings. The number of pyridine rings is 1. The lowest BCUT2D eigenvalue weighted by molar-refractivity contribution is 0.502. The Morgan fingerprint density at radius 3 is 2.65 bits per heavy atom. The summed E-state index contributed by atoms with van der Waals surface area (Å²) in [6, 6.07) is 6.95. The second-order valence-electron chi connectivity index (χ2n) is 6.96. The monoisotopic (exact) mass is 350 g/mol. The molecule has 7 heteroatoms. The summed E-state index contributed by atoms with van der Waals surface area (Å²) in [4.78, 5) is 12.1. The summed E-state index contributed by atoms with van der Waals surface area (Å²) in [5, 5.41) is 4.16. The molecule has 0 fully saturated rings. The molecule has 6 nitrogen and oxygen atoms in total. The predicted octanol–water partition coefficient (Wildman–Crippen LogP) is 3.36. The third-order valence-electron chi connectivity index (χ3n) is 4.34. The SMILES string of the molecule is Cn1cc(-c2nc3nccc(-c4ccc(C(C)(C)N)c(F)c4)c3[nH]2)cn1. The van der Waals surface area contributed by atoms with Crippen molar-refractivity contribution in [1.29, 1.82) is 0 Å². The number of nitrogens with one attached hydrogen (secondary N) is 1. The Kier molecular flexibility index (Phi) is 3.62. The number of aromatic amines is 1. The lowest BCUT2D eigenvalue weighted by Gasteiger charge is -2.20. The molecule has 0 radical (unpaired) electrons. The van der Waals surface area contributed by atoms with Gasteiger partial charge in [0.1, 0.15) is 11.6 Å². The molecular formula is C19H19FN6. The molecule has 3 N–H and O–H groups in total. The van der Waals surface area contributed by atoms with E-state index < -0.39 is 5.54 Å². The summed E-state index contributed by atoms with van der Waals surface area (Å²) in [6.07, 6.45) is 5.27. The van der Waals surface area contributed by atoms with Crippen LogP contribution < -0.4 is 5.73 Å². The van der Waals surface area contributed by atoms with Gasteiger partial charge in [0, 0.05) is 36.1 Å². The molecule has 4 aromatic rings. The Balaban J connectivity index is 1.84. The van der Waals surface area contributed by atoms with Gasteiger partial charge in [-0.3, -0.25) is 4.68 Å². The largest absolute Gasteiger partial charge is 0.336 e. The van der Waals surface area contributed by atoms with Gasteiger partial charge in [-0.25, -0.2) is 14.4 Å². The number of hydrogen-bond donors (Lipinski definition) is 2. The zero-order valence-electron chi connectivity index (χ0n) is 14.8. The molecule has 0 aliphatic carbocycles. The molecule has 0 atom stereocenters. The van der Waals surface area contributed by atoms with Crippen molar-refractivity contribution in [3.05, 3.63) is 54.2 Å². The molecule has 0 amide bonds. The van der Waals surface area contributed by atoms with Crippen LogP contribution in [0, 0.1) is 5.82 Å². The lowest BCUT2D eigenvalue weighted by atomic mass is 9.93. The quantitative estimate of drug-likeness (QED) is 0.593. The molecule has 0 saturated carbocycles. The Morgan fingerprint density at radius 1 is 1.19 bits per heavy atom. The number of aryl methyl sites for hydroxylation is 1. The van der Waals surface area contributed by atoms with Crippen molar-refractivity contribution in [3.8, 4) is 22.5 Å². The van der Waals surface area contributed by atoms with Gasteiger partial charge in [0.05, 0.1) is 17.3 Å². The third-order valence-corrected chi connectivity index (χ3v) is 4.34. The predicted molar refractivity (Wildman–Crippen MR) is 98.7 cm³/mol. The molecule has 132 valence electrons. The van der Waals surface area contributed by atoms with Crippen LogP contribution in [0.2, 0.25) is 0 Å². The first-order valence-corrected chi connectivity index (χ1v) is 8.26. The topological polar surface area (TPSA) is 85.4 Å². The minimum Gasteiger partial charge on any atom is -0.336 e. The van der Waals surface area contributed by atoms with Gasteiger partial charge >= 0.3 is 0 Å². The minimum absolute atomic E-state index is 0.327. The van der Waals surface area contributed by atoms with Crippen LogP contribution in [-0.4, -0.2) is 24.7 Å². The number of nitrogens with two attached hydrogens (primary N) is 1. The van der Waals surface area contributed by atoms with E-state index in [9.17, 15) is 4.39 Å². The maximum atomic E-state index is 14.6. The van der Waals surface area contributed by atoms with E-state index >= 15 is 0 Å². The smallest absolute Gasteiger partial charge is 0.178 e. The highest BCUT2D eigenvalue weighted by Gasteiger charge is 2.20. The van der Waals surface area contributed by atoms with Crippen molar-refractivity contribution < 1.29 is 4.39 Å². The average Bonchev–Trinajstić information content (AvgIpc) is 3.18. The molecule has 0 spiro atoms. The van der Waals surface area contributed by atoms with Crippen LogP contribution in [0.5, 0.6) is 0 Å². The van der Waals surface area contributed by atoms with Gasteiger partial charge in [0.2, 0.25) is 0 Å². The van der Waals surface area contributed by atoms with Crippen LogP contribution in [0.4, 0.5) is 4.39 Å². The molecule has 3 aromatic heterocycles. The lowest BCUT2D eigenvalue weighted by Crippen LogP contribution is -2.29. The second-order valence-corrected chi connectivity index (χ2v) is 6.96. The second kappa shape index (κ2) is 5.74. The van der Waals surface area contributed by atoms with Gasteiger partial charge in [-0.05, 0) is 31.5 Å². The number of nitrogens with zero attached hydrogens (tertiary/aromatic N) is 4. The van der Waals surface area contributed by atoms with Gasteiger partial charge in [-0.15, -0.1) is 0 Å². The van der Waals surface area contributed by atoms with E-state index in [2.05, 4.69) is 20.1 Å². The number of fused-ring (bicyclic) bond motifs is 1. The molecule has 4 rings (SSSR count). The summed E-state index contributed by atoms with van der Waals surface area (Å²) >= 11 is 0. The van der Waals surface area contributed by atoms with Crippen LogP contribution in [-0.2, 0) is 12.6 Å². The average molecular weight is 350 g/mol. The minimum atomic E-state index is -0.738. The van der Waals surface area contributed by atoms with Crippen molar-refractivity contribution in [2.75, 3.05) is 0 Å². The van der Waals surface area contributed by atoms with Gasteiger partial charge in [0.15, 0.2) is 5.65 Å². The number of rotatable bonds is 3. The van der Waals surface area contributed by atoms with Crippen molar-refractivity contribution in [2.45, 2.75) is 19.4 Å². The number of hydrogen-bond acceptors (Lipinski definition) is 4. The van der Waals surface area contributed by atoms with Crippen LogP contribution in [0.3, 0.4) is 0 Å². The first-order valence-electron chi connectivity index (χ1n) is 8.26. The number of halogens is 1. The van der Waals surface area contributed by atoms with Crippen molar-refractivity contribution in [3.63, 3.8) is 0 Å². The summed E-state index contributed by atoms with van der Waals surface area (Å²) in [6.45, 7) is 3.57. The third kappa shape index (κ3) is 2.76. The van der Waals surface area contributed by atoms with E-state index in [1.807, 2.05) is 25.4 Å². The molecule has 3 heterocycles. The Morgan fingerprint density at radius 2 is 2.00 bits per heavy atom. The normalized spacial score (nSPS) is 12.0. The molecular weight excluding hydrogens is 331 g/mol. The molecule has 0 aliphatic heterocycles. The summed E-state index contributed by atoms with van der Waals surface area (Å²) in [5.74, 6) is 0.347. The summed E-state index contributed by atoms with van der Waals surface area (Å²) in [5.41, 5.74) is 9.54. The number of benzene rings is 1. The van der Waals surface area contributed by atoms with Crippen LogP contribution >= 0.6 is 0 Å². The van der Waals surface area contributed by atoms with E-state index in [1.165, 1.54) is 6.07 Å². The van der Waals surface area contributed by atoms with Crippen LogP contribution in [0.15, 0.2) is 42.9 Å². The standard InChI is InChI=1S/C19H19FN6/c1-19(2,21)14-5-4-11(8-15(14)20)13-6-7-22-18-16(13)24-17(25-18)12-9-23-26(3)10-12/h4-10H,21H2,1-3H3,(H,22,24,25). The Bertz CT molecular complexity index is 1100. The highest BCUT2D eigenvalue weighted by molar-refractivity contribution is 5.91. The maximum Gasteiger partial charge on any atom is 0.178 e. The zero-order valence-corrected chi connectivity index (χ0v) is 14.8. The summed E-state index contributed by atoms with van der Waals surface area (Å²) in [7, 11) is 1.85. The van der Waals surface area contributed by atoms with Crippen molar-refractivity contribution >= 4 is 11.2 Å². The highest BCUT2D eigenvalue weighted by atomic mass is 19.1. The summed E-state index contributed by atoms with van der Waals surface area (Å²) < 4.78 is 16.3. The first kappa shape index (κ1) is 16.4. The number of aromatic nitrogens is 5.